The Bertz CT molecular complexity index is 720. The van der Waals surface area contributed by atoms with Gasteiger partial charge >= 0.3 is 0 Å². The first-order valence-corrected chi connectivity index (χ1v) is 36.7. The van der Waals surface area contributed by atoms with E-state index in [2.05, 4.69) is 39.3 Å². The fourth-order valence-electron chi connectivity index (χ4n) is 4.73. The maximum Gasteiger partial charge on any atom is 0.276 e. The highest BCUT2D eigenvalue weighted by molar-refractivity contribution is 6.70. The number of hydrogen-bond donors (Lipinski definition) is 11. The Labute approximate surface area is 485 Å². The molecule has 78 heavy (non-hydrogen) atoms. The zero-order valence-corrected chi connectivity index (χ0v) is 57.5. The second kappa shape index (κ2) is 128. The summed E-state index contributed by atoms with van der Waals surface area (Å²) in [6.07, 6.45) is 22.2. The van der Waals surface area contributed by atoms with Crippen molar-refractivity contribution in [1.29, 1.82) is 0 Å². The molecule has 0 rings (SSSR count). The van der Waals surface area contributed by atoms with Crippen molar-refractivity contribution < 1.29 is 97.9 Å². The van der Waals surface area contributed by atoms with Crippen molar-refractivity contribution in [1.82, 2.24) is 0 Å². The summed E-state index contributed by atoms with van der Waals surface area (Å²) in [7, 11) is 12.5. The minimum Gasteiger partial charge on any atom is -0.418 e. The number of methoxy groups -OCH3 is 6. The van der Waals surface area contributed by atoms with E-state index in [1.165, 1.54) is 25.7 Å². The van der Waals surface area contributed by atoms with Crippen LogP contribution in [0.15, 0.2) is 0 Å². The molecule has 0 aliphatic carbocycles. The largest absolute Gasteiger partial charge is 0.418 e. The third-order valence-electron chi connectivity index (χ3n) is 8.59. The molecule has 0 atom stereocenters. The standard InChI is InChI=1S/2C9H22O2Si.C8H18O2Si.3C6H14O2.C5H12O2.6CH4O/c2*1-10-8-6-5-7-9-11-12(2,3)4;1-3-11(9)8-6-4-5-7-10-2;2*1-8-6-4-2-3-5-7;7-5-3-1-2-4-6-8;1-7-5-3-2-4-6;6*1-2/h2*5-9H2,1-4H3;3-8H2,1-2H3;2*7H,2-6H2,1H3;7-8H,1-6H2;6H,2-5H2,1H3;6*2H,1H3. The first-order valence-electron chi connectivity index (χ1n) is 28.0. The zero-order valence-electron chi connectivity index (χ0n) is 54.5. The molecule has 0 aromatic carbocycles. The van der Waals surface area contributed by atoms with E-state index < -0.39 is 25.3 Å². The van der Waals surface area contributed by atoms with Gasteiger partial charge in [0.2, 0.25) is 0 Å². The first-order chi connectivity index (χ1) is 37.6. The molecule has 0 fully saturated rings. The van der Waals surface area contributed by atoms with E-state index in [0.29, 0.717) is 13.2 Å². The van der Waals surface area contributed by atoms with Gasteiger partial charge in [-0.2, -0.15) is 0 Å². The van der Waals surface area contributed by atoms with Crippen LogP contribution < -0.4 is 0 Å². The molecular weight excluding hydrogens is 1060 g/mol. The van der Waals surface area contributed by atoms with Crippen molar-refractivity contribution in [3.8, 4) is 0 Å². The van der Waals surface area contributed by atoms with Crippen LogP contribution in [0.4, 0.5) is 0 Å². The summed E-state index contributed by atoms with van der Waals surface area (Å²) >= 11 is 0. The number of ether oxygens (including phenoxy) is 6. The Hall–Kier alpha value is -0.309. The van der Waals surface area contributed by atoms with Crippen LogP contribution in [0, 0.1) is 0 Å². The Morgan fingerprint density at radius 1 is 0.282 bits per heavy atom. The molecule has 23 heteroatoms. The normalized spacial score (nSPS) is 9.41. The molecule has 0 amide bonds. The molecule has 0 radical (unpaired) electrons. The highest BCUT2D eigenvalue weighted by Crippen LogP contribution is 2.06. The lowest BCUT2D eigenvalue weighted by Gasteiger charge is -2.16. The van der Waals surface area contributed by atoms with Crippen LogP contribution in [0.1, 0.15) is 142 Å². The van der Waals surface area contributed by atoms with Gasteiger partial charge in [-0.1, -0.05) is 26.2 Å². The molecule has 0 unspecified atom stereocenters. The average molecular weight is 1210 g/mol. The van der Waals surface area contributed by atoms with Crippen molar-refractivity contribution in [3.63, 3.8) is 0 Å². The maximum atomic E-state index is 11.0. The van der Waals surface area contributed by atoms with Crippen LogP contribution in [0.2, 0.25) is 51.4 Å². The van der Waals surface area contributed by atoms with Crippen molar-refractivity contribution in [2.75, 3.05) is 171 Å². The van der Waals surface area contributed by atoms with Crippen LogP contribution in [0.5, 0.6) is 0 Å². The monoisotopic (exact) mass is 1200 g/mol. The van der Waals surface area contributed by atoms with E-state index in [9.17, 15) is 4.46 Å². The van der Waals surface area contributed by atoms with E-state index in [0.717, 1.165) is 217 Å². The molecule has 0 aliphatic heterocycles. The second-order valence-electron chi connectivity index (χ2n) is 17.6. The minimum atomic E-state index is -1.26. The third-order valence-corrected chi connectivity index (χ3v) is 12.4. The van der Waals surface area contributed by atoms with Crippen molar-refractivity contribution in [2.45, 2.75) is 193 Å². The second-order valence-corrected chi connectivity index (χ2v) is 28.9. The molecule has 0 aromatic heterocycles. The van der Waals surface area contributed by atoms with Crippen LogP contribution in [-0.4, -0.2) is 253 Å². The highest BCUT2D eigenvalue weighted by atomic mass is 28.4. The van der Waals surface area contributed by atoms with Crippen LogP contribution in [0.3, 0.4) is 0 Å². The van der Waals surface area contributed by atoms with Gasteiger partial charge < -0.3 is 97.9 Å². The summed E-state index contributed by atoms with van der Waals surface area (Å²) in [6.45, 7) is 23.7. The summed E-state index contributed by atoms with van der Waals surface area (Å²) in [5.74, 6) is 0. The molecule has 0 bridgehead atoms. The molecule has 0 saturated heterocycles. The Morgan fingerprint density at radius 2 is 0.449 bits per heavy atom. The third kappa shape index (κ3) is 202. The fourth-order valence-corrected chi connectivity index (χ4v) is 7.25. The summed E-state index contributed by atoms with van der Waals surface area (Å²) < 4.78 is 51.6. The van der Waals surface area contributed by atoms with Crippen molar-refractivity contribution in [2.24, 2.45) is 0 Å². The van der Waals surface area contributed by atoms with E-state index >= 15 is 0 Å². The van der Waals surface area contributed by atoms with E-state index in [4.69, 9.17) is 93.4 Å². The Morgan fingerprint density at radius 3 is 0.641 bits per heavy atom. The molecule has 0 saturated carbocycles. The van der Waals surface area contributed by atoms with Gasteiger partial charge in [-0.05, 0) is 167 Å². The quantitative estimate of drug-likeness (QED) is 0.0206. The van der Waals surface area contributed by atoms with Gasteiger partial charge in [0.25, 0.3) is 8.68 Å². The SMILES string of the molecule is CC[Si](=O)CCCCCOC.CO.CO.CO.CO.CO.CO.COCCCCCO.COCCCCCO.COCCCCCO[Si](C)(C)C.COCCCCCO[Si](C)(C)C.COCCCCO.OCCCCCCO. The molecule has 0 aromatic rings. The van der Waals surface area contributed by atoms with Gasteiger partial charge in [0.05, 0.1) is 0 Å². The van der Waals surface area contributed by atoms with Gasteiger partial charge in [0, 0.05) is 171 Å². The minimum absolute atomic E-state index is 0.281. The lowest BCUT2D eigenvalue weighted by atomic mass is 10.2. The number of hydrogen-bond acceptors (Lipinski definition) is 20. The maximum absolute atomic E-state index is 11.0. The number of unbranched alkanes of at least 4 members (excludes halogenated alkanes) is 14. The molecule has 11 N–H and O–H groups in total. The number of rotatable bonds is 40. The van der Waals surface area contributed by atoms with E-state index in [1.807, 2.05) is 6.92 Å². The molecule has 492 valence electrons. The highest BCUT2D eigenvalue weighted by Gasteiger charge is 2.13. The van der Waals surface area contributed by atoms with Crippen LogP contribution in [-0.2, 0) is 41.7 Å². The molecule has 20 nitrogen and oxygen atoms in total. The summed E-state index contributed by atoms with van der Waals surface area (Å²) in [4.78, 5) is 0. The Kier molecular flexibility index (Phi) is 179. The van der Waals surface area contributed by atoms with Gasteiger partial charge in [0.15, 0.2) is 16.6 Å². The summed E-state index contributed by atoms with van der Waals surface area (Å²) in [5.41, 5.74) is 0. The Balaban J connectivity index is -0.0000000559. The summed E-state index contributed by atoms with van der Waals surface area (Å²) in [5, 5.41) is 83.5. The van der Waals surface area contributed by atoms with Crippen LogP contribution in [0.25, 0.3) is 0 Å². The molecule has 0 heterocycles. The van der Waals surface area contributed by atoms with Crippen molar-refractivity contribution >= 4 is 25.3 Å². The topological polar surface area (TPSA) is 313 Å². The lowest BCUT2D eigenvalue weighted by molar-refractivity contribution is 0.181. The van der Waals surface area contributed by atoms with Gasteiger partial charge in [-0.25, -0.2) is 0 Å². The van der Waals surface area contributed by atoms with Crippen molar-refractivity contribution in [3.05, 3.63) is 0 Å². The molecular formula is C55H140O20Si3. The van der Waals surface area contributed by atoms with Gasteiger partial charge in [-0.15, -0.1) is 0 Å². The molecule has 0 aliphatic rings. The first kappa shape index (κ1) is 109. The number of aliphatic hydroxyl groups excluding tert-OH is 11. The lowest BCUT2D eigenvalue weighted by Crippen LogP contribution is -2.25. The van der Waals surface area contributed by atoms with E-state index in [-0.39, 0.29) is 19.8 Å². The van der Waals surface area contributed by atoms with E-state index in [1.54, 1.807) is 42.7 Å². The fraction of sp³-hybridized carbons (Fsp3) is 1.00. The molecule has 0 spiro atoms. The number of aliphatic hydroxyl groups is 11. The average Bonchev–Trinajstić information content (AvgIpc) is 3.46. The predicted octanol–water partition coefficient (Wildman–Crippen LogP) is 7.73. The smallest absolute Gasteiger partial charge is 0.276 e. The van der Waals surface area contributed by atoms with Crippen LogP contribution >= 0.6 is 0 Å². The zero-order chi connectivity index (χ0) is 63.7. The van der Waals surface area contributed by atoms with Gasteiger partial charge in [0.1, 0.15) is 0 Å². The predicted molar refractivity (Wildman–Crippen MR) is 333 cm³/mol. The summed E-state index contributed by atoms with van der Waals surface area (Å²) in [6, 6.07) is 1.81. The van der Waals surface area contributed by atoms with Gasteiger partial charge in [-0.3, -0.25) is 0 Å².